The van der Waals surface area contributed by atoms with Crippen molar-refractivity contribution in [2.24, 2.45) is 10.7 Å². The zero-order valence-electron chi connectivity index (χ0n) is 18.0. The smallest absolute Gasteiger partial charge is 0.336 e. The van der Waals surface area contributed by atoms with Crippen LogP contribution in [0.15, 0.2) is 84.1 Å². The number of ether oxygens (including phenoxy) is 1. The summed E-state index contributed by atoms with van der Waals surface area (Å²) in [6, 6.07) is 19.8. The minimum atomic E-state index is -0.998. The number of nitrogens with zero attached hydrogens (tertiary/aromatic N) is 3. The predicted molar refractivity (Wildman–Crippen MR) is 129 cm³/mol. The van der Waals surface area contributed by atoms with Gasteiger partial charge in [-0.3, -0.25) is 9.98 Å². The highest BCUT2D eigenvalue weighted by Gasteiger charge is 2.12. The number of carboxylic acid groups (broad SMARTS) is 1. The van der Waals surface area contributed by atoms with Crippen LogP contribution in [0.1, 0.15) is 27.2 Å². The first-order chi connectivity index (χ1) is 16.1. The van der Waals surface area contributed by atoms with E-state index in [1.807, 2.05) is 42.5 Å². The molecule has 3 N–H and O–H groups in total. The van der Waals surface area contributed by atoms with Gasteiger partial charge in [0.2, 0.25) is 0 Å². The van der Waals surface area contributed by atoms with E-state index in [0.717, 1.165) is 16.7 Å². The number of hydrogen-bond acceptors (Lipinski definition) is 6. The van der Waals surface area contributed by atoms with Gasteiger partial charge in [0.15, 0.2) is 0 Å². The van der Waals surface area contributed by atoms with Gasteiger partial charge in [-0.15, -0.1) is 0 Å². The topological polar surface area (TPSA) is 111 Å². The highest BCUT2D eigenvalue weighted by Crippen LogP contribution is 2.24. The van der Waals surface area contributed by atoms with E-state index in [1.165, 1.54) is 0 Å². The number of nitrogens with two attached hydrogens (primary N) is 1. The average molecular weight is 438 g/mol. The van der Waals surface area contributed by atoms with Gasteiger partial charge in [-0.2, -0.15) is 0 Å². The Morgan fingerprint density at radius 2 is 1.79 bits per heavy atom. The molecule has 4 aromatic rings. The number of benzene rings is 2. The number of aliphatic imine (C=N–C) groups is 1. The molecule has 0 spiro atoms. The SMILES string of the molecule is CN=C/C(=C(\N)c1ccc(OCc2cc(C(=O)O)c3ccccc3n2)cc1)c1ccncc1. The van der Waals surface area contributed by atoms with Gasteiger partial charge >= 0.3 is 5.97 Å². The van der Waals surface area contributed by atoms with Crippen molar-refractivity contribution in [1.29, 1.82) is 0 Å². The summed E-state index contributed by atoms with van der Waals surface area (Å²) in [6.07, 6.45) is 5.14. The Morgan fingerprint density at radius 1 is 1.06 bits per heavy atom. The maximum Gasteiger partial charge on any atom is 0.336 e. The molecular weight excluding hydrogens is 416 g/mol. The van der Waals surface area contributed by atoms with Crippen molar-refractivity contribution in [1.82, 2.24) is 9.97 Å². The third kappa shape index (κ3) is 4.88. The molecule has 0 bridgehead atoms. The molecule has 0 aliphatic carbocycles. The first-order valence-corrected chi connectivity index (χ1v) is 10.2. The lowest BCUT2D eigenvalue weighted by molar-refractivity contribution is 0.0698. The van der Waals surface area contributed by atoms with Crippen LogP contribution in [0.3, 0.4) is 0 Å². The molecule has 4 rings (SSSR count). The summed E-state index contributed by atoms with van der Waals surface area (Å²) in [5.74, 6) is -0.380. The van der Waals surface area contributed by atoms with E-state index < -0.39 is 5.97 Å². The Labute approximate surface area is 190 Å². The quantitative estimate of drug-likeness (QED) is 0.413. The molecule has 0 fully saturated rings. The van der Waals surface area contributed by atoms with Gasteiger partial charge in [0, 0.05) is 42.3 Å². The third-order valence-electron chi connectivity index (χ3n) is 5.09. The first kappa shape index (κ1) is 21.7. The zero-order chi connectivity index (χ0) is 23.2. The van der Waals surface area contributed by atoms with Gasteiger partial charge in [-0.1, -0.05) is 18.2 Å². The second-order valence-electron chi connectivity index (χ2n) is 7.25. The molecule has 2 heterocycles. The zero-order valence-corrected chi connectivity index (χ0v) is 18.0. The summed E-state index contributed by atoms with van der Waals surface area (Å²) in [6.45, 7) is 0.139. The Hall–Kier alpha value is -4.52. The van der Waals surface area contributed by atoms with Gasteiger partial charge < -0.3 is 15.6 Å². The highest BCUT2D eigenvalue weighted by molar-refractivity contribution is 6.18. The van der Waals surface area contributed by atoms with Crippen LogP contribution in [0.4, 0.5) is 0 Å². The molecule has 7 heteroatoms. The van der Waals surface area contributed by atoms with Crippen LogP contribution in [0.25, 0.3) is 22.2 Å². The van der Waals surface area contributed by atoms with Crippen LogP contribution in [0, 0.1) is 0 Å². The Balaban J connectivity index is 1.55. The van der Waals surface area contributed by atoms with Crippen LogP contribution in [-0.4, -0.2) is 34.3 Å². The fourth-order valence-corrected chi connectivity index (χ4v) is 3.48. The standard InChI is InChI=1S/C26H22N4O3/c1-28-15-23(17-10-12-29-13-11-17)25(27)18-6-8-20(9-7-18)33-16-19-14-22(26(31)32)21-4-2-3-5-24(21)30-19/h2-15H,16,27H2,1H3,(H,31,32)/b25-23+,28-15?. The van der Waals surface area contributed by atoms with E-state index >= 15 is 0 Å². The molecule has 0 aliphatic rings. The molecule has 164 valence electrons. The van der Waals surface area contributed by atoms with E-state index in [-0.39, 0.29) is 12.2 Å². The van der Waals surface area contributed by atoms with Crippen LogP contribution in [0.2, 0.25) is 0 Å². The number of pyridine rings is 2. The molecule has 0 saturated heterocycles. The number of fused-ring (bicyclic) bond motifs is 1. The Morgan fingerprint density at radius 3 is 2.48 bits per heavy atom. The van der Waals surface area contributed by atoms with Gasteiger partial charge in [-0.05, 0) is 59.7 Å². The fraction of sp³-hybridized carbons (Fsp3) is 0.0769. The number of carbonyl (C=O) groups is 1. The predicted octanol–water partition coefficient (Wildman–Crippen LogP) is 4.43. The lowest BCUT2D eigenvalue weighted by Gasteiger charge is -2.11. The van der Waals surface area contributed by atoms with Crippen molar-refractivity contribution in [3.63, 3.8) is 0 Å². The molecule has 2 aromatic carbocycles. The molecule has 0 amide bonds. The lowest BCUT2D eigenvalue weighted by atomic mass is 10.0. The fourth-order valence-electron chi connectivity index (χ4n) is 3.48. The molecule has 7 nitrogen and oxygen atoms in total. The summed E-state index contributed by atoms with van der Waals surface area (Å²) in [7, 11) is 1.70. The first-order valence-electron chi connectivity index (χ1n) is 10.2. The number of allylic oxidation sites excluding steroid dienone is 1. The van der Waals surface area contributed by atoms with Crippen molar-refractivity contribution in [3.05, 3.63) is 102 Å². The van der Waals surface area contributed by atoms with E-state index in [1.54, 1.807) is 49.9 Å². The molecule has 33 heavy (non-hydrogen) atoms. The lowest BCUT2D eigenvalue weighted by Crippen LogP contribution is -2.05. The molecular formula is C26H22N4O3. The number of aromatic nitrogens is 2. The van der Waals surface area contributed by atoms with E-state index in [2.05, 4.69) is 15.0 Å². The largest absolute Gasteiger partial charge is 0.487 e. The molecule has 0 saturated carbocycles. The summed E-state index contributed by atoms with van der Waals surface area (Å²) < 4.78 is 5.86. The summed E-state index contributed by atoms with van der Waals surface area (Å²) in [4.78, 5) is 24.3. The molecule has 0 unspecified atom stereocenters. The molecule has 0 atom stereocenters. The monoisotopic (exact) mass is 438 g/mol. The van der Waals surface area contributed by atoms with Crippen molar-refractivity contribution >= 4 is 34.4 Å². The number of carboxylic acids is 1. The molecule has 0 radical (unpaired) electrons. The number of para-hydroxylation sites is 1. The summed E-state index contributed by atoms with van der Waals surface area (Å²) >= 11 is 0. The van der Waals surface area contributed by atoms with Crippen LogP contribution in [-0.2, 0) is 6.61 Å². The summed E-state index contributed by atoms with van der Waals surface area (Å²) in [5, 5.41) is 10.1. The minimum absolute atomic E-state index is 0.139. The van der Waals surface area contributed by atoms with Gasteiger partial charge in [0.25, 0.3) is 0 Å². The Bertz CT molecular complexity index is 1350. The Kier molecular flexibility index (Phi) is 6.40. The number of aromatic carboxylic acids is 1. The van der Waals surface area contributed by atoms with Crippen LogP contribution < -0.4 is 10.5 Å². The van der Waals surface area contributed by atoms with E-state index in [4.69, 9.17) is 10.5 Å². The number of rotatable bonds is 7. The molecule has 0 aliphatic heterocycles. The van der Waals surface area contributed by atoms with Gasteiger partial charge in [-0.25, -0.2) is 9.78 Å². The number of hydrogen-bond donors (Lipinski definition) is 2. The van der Waals surface area contributed by atoms with Crippen LogP contribution >= 0.6 is 0 Å². The molecule has 2 aromatic heterocycles. The highest BCUT2D eigenvalue weighted by atomic mass is 16.5. The van der Waals surface area contributed by atoms with Gasteiger partial charge in [0.1, 0.15) is 12.4 Å². The average Bonchev–Trinajstić information content (AvgIpc) is 2.86. The van der Waals surface area contributed by atoms with E-state index in [0.29, 0.717) is 28.0 Å². The second-order valence-corrected chi connectivity index (χ2v) is 7.25. The van der Waals surface area contributed by atoms with Crippen molar-refractivity contribution in [3.8, 4) is 5.75 Å². The summed E-state index contributed by atoms with van der Waals surface area (Å²) in [5.41, 5.74) is 10.9. The van der Waals surface area contributed by atoms with E-state index in [9.17, 15) is 9.90 Å². The maximum atomic E-state index is 11.6. The van der Waals surface area contributed by atoms with Crippen molar-refractivity contribution < 1.29 is 14.6 Å². The van der Waals surface area contributed by atoms with Gasteiger partial charge in [0.05, 0.1) is 16.8 Å². The third-order valence-corrected chi connectivity index (χ3v) is 5.09. The van der Waals surface area contributed by atoms with Crippen molar-refractivity contribution in [2.45, 2.75) is 6.61 Å². The maximum absolute atomic E-state index is 11.6. The van der Waals surface area contributed by atoms with Crippen molar-refractivity contribution in [2.75, 3.05) is 7.05 Å². The van der Waals surface area contributed by atoms with Crippen LogP contribution in [0.5, 0.6) is 5.75 Å². The second kappa shape index (κ2) is 9.74. The normalized spacial score (nSPS) is 12.0. The minimum Gasteiger partial charge on any atom is -0.487 e.